The van der Waals surface area contributed by atoms with Crippen molar-refractivity contribution in [3.63, 3.8) is 0 Å². The number of amides is 1. The van der Waals surface area contributed by atoms with Crippen molar-refractivity contribution in [1.82, 2.24) is 9.80 Å². The van der Waals surface area contributed by atoms with Crippen molar-refractivity contribution in [3.8, 4) is 6.07 Å². The van der Waals surface area contributed by atoms with Gasteiger partial charge in [-0.3, -0.25) is 4.90 Å². The van der Waals surface area contributed by atoms with Gasteiger partial charge in [0.15, 0.2) is 8.32 Å². The topological polar surface area (TPSA) is 65.8 Å². The maximum atomic E-state index is 13.0. The second-order valence-corrected chi connectivity index (χ2v) is 15.7. The zero-order valence-electron chi connectivity index (χ0n) is 22.0. The van der Waals surface area contributed by atoms with Gasteiger partial charge in [0, 0.05) is 26.7 Å². The first-order valence-electron chi connectivity index (χ1n) is 12.3. The van der Waals surface area contributed by atoms with Crippen LogP contribution in [-0.4, -0.2) is 57.0 Å². The Bertz CT molecular complexity index is 1030. The smallest absolute Gasteiger partial charge is 0.410 e. The Hall–Kier alpha value is -2.66. The summed E-state index contributed by atoms with van der Waals surface area (Å²) in [5, 5.41) is 9.59. The average Bonchev–Trinajstić information content (AvgIpc) is 3.26. The Kier molecular flexibility index (Phi) is 8.76. The van der Waals surface area contributed by atoms with Gasteiger partial charge in [0.25, 0.3) is 0 Å². The molecular formula is C28H39N3O3Si. The molecule has 2 aromatic rings. The highest BCUT2D eigenvalue weighted by Gasteiger charge is 2.41. The van der Waals surface area contributed by atoms with Crippen molar-refractivity contribution in [3.05, 3.63) is 71.3 Å². The maximum absolute atomic E-state index is 13.0. The van der Waals surface area contributed by atoms with E-state index in [1.165, 1.54) is 0 Å². The number of carbonyl (C=O) groups excluding carboxylic acids is 1. The van der Waals surface area contributed by atoms with Crippen molar-refractivity contribution in [1.29, 1.82) is 5.26 Å². The summed E-state index contributed by atoms with van der Waals surface area (Å²) in [7, 11) is -0.0712. The summed E-state index contributed by atoms with van der Waals surface area (Å²) in [4.78, 5) is 17.0. The first-order valence-corrected chi connectivity index (χ1v) is 15.2. The predicted molar refractivity (Wildman–Crippen MR) is 141 cm³/mol. The molecule has 188 valence electrons. The summed E-state index contributed by atoms with van der Waals surface area (Å²) in [5.41, 5.74) is 2.46. The van der Waals surface area contributed by atoms with E-state index in [0.717, 1.165) is 30.6 Å². The monoisotopic (exact) mass is 493 g/mol. The summed E-state index contributed by atoms with van der Waals surface area (Å²) in [6.07, 6.45) is 0.811. The molecule has 2 aromatic carbocycles. The van der Waals surface area contributed by atoms with E-state index in [4.69, 9.17) is 9.16 Å². The lowest BCUT2D eigenvalue weighted by molar-refractivity contribution is 0.0819. The molecule has 7 heteroatoms. The number of likely N-dealkylation sites (N-methyl/N-ethyl adjacent to an activating group) is 1. The third kappa shape index (κ3) is 7.17. The lowest BCUT2D eigenvalue weighted by Crippen LogP contribution is -2.45. The summed E-state index contributed by atoms with van der Waals surface area (Å²) in [6, 6.07) is 19.2. The summed E-state index contributed by atoms with van der Waals surface area (Å²) >= 11 is 0. The molecule has 0 spiro atoms. The molecule has 1 amide bonds. The molecule has 0 aliphatic carbocycles. The lowest BCUT2D eigenvalue weighted by atomic mass is 10.0. The Balaban J connectivity index is 1.72. The lowest BCUT2D eigenvalue weighted by Gasteiger charge is -2.38. The molecule has 0 saturated carbocycles. The van der Waals surface area contributed by atoms with E-state index >= 15 is 0 Å². The fraction of sp³-hybridized carbons (Fsp3) is 0.500. The number of benzene rings is 2. The molecule has 0 bridgehead atoms. The standard InChI is InChI=1S/C28H39N3O3Si/c1-28(2,3)35(5,6)34-25-15-16-31(19-25)20-26(24-14-10-13-23(17-24)18-29)30(4)27(32)33-21-22-11-8-7-9-12-22/h7-14,17,25-26H,15-16,19-21H2,1-6H3. The molecule has 2 atom stereocenters. The Morgan fingerprint density at radius 1 is 1.20 bits per heavy atom. The van der Waals surface area contributed by atoms with Gasteiger partial charge in [-0.25, -0.2) is 4.79 Å². The largest absolute Gasteiger partial charge is 0.445 e. The van der Waals surface area contributed by atoms with Crippen LogP contribution in [0.4, 0.5) is 4.79 Å². The molecular weight excluding hydrogens is 454 g/mol. The number of ether oxygens (including phenoxy) is 1. The van der Waals surface area contributed by atoms with E-state index < -0.39 is 8.32 Å². The highest BCUT2D eigenvalue weighted by Crippen LogP contribution is 2.38. The minimum atomic E-state index is -1.85. The second kappa shape index (κ2) is 11.4. The van der Waals surface area contributed by atoms with E-state index in [-0.39, 0.29) is 29.9 Å². The van der Waals surface area contributed by atoms with Gasteiger partial charge in [0.05, 0.1) is 23.8 Å². The first kappa shape index (κ1) is 26.9. The van der Waals surface area contributed by atoms with E-state index in [0.29, 0.717) is 12.1 Å². The van der Waals surface area contributed by atoms with Gasteiger partial charge in [-0.15, -0.1) is 0 Å². The number of nitriles is 1. The van der Waals surface area contributed by atoms with Crippen LogP contribution < -0.4 is 0 Å². The van der Waals surface area contributed by atoms with Gasteiger partial charge in [-0.1, -0.05) is 63.2 Å². The van der Waals surface area contributed by atoms with Gasteiger partial charge in [-0.05, 0) is 47.8 Å². The second-order valence-electron chi connectivity index (χ2n) is 11.0. The van der Waals surface area contributed by atoms with Crippen molar-refractivity contribution in [2.45, 2.75) is 64.1 Å². The SMILES string of the molecule is CN(C(=O)OCc1ccccc1)C(CN1CCC(O[Si](C)(C)C(C)(C)C)C1)c1cccc(C#N)c1. The third-order valence-electron chi connectivity index (χ3n) is 7.29. The van der Waals surface area contributed by atoms with Crippen LogP contribution in [0.25, 0.3) is 0 Å². The minimum absolute atomic E-state index is 0.170. The number of nitrogens with zero attached hydrogens (tertiary/aromatic N) is 3. The van der Waals surface area contributed by atoms with Gasteiger partial charge in [0.1, 0.15) is 6.61 Å². The molecule has 35 heavy (non-hydrogen) atoms. The fourth-order valence-electron chi connectivity index (χ4n) is 4.11. The van der Waals surface area contributed by atoms with E-state index in [2.05, 4.69) is 44.8 Å². The summed E-state index contributed by atoms with van der Waals surface area (Å²) in [5.74, 6) is 0. The summed E-state index contributed by atoms with van der Waals surface area (Å²) < 4.78 is 12.3. The van der Waals surface area contributed by atoms with Crippen LogP contribution in [0.15, 0.2) is 54.6 Å². The molecule has 1 fully saturated rings. The zero-order chi connectivity index (χ0) is 25.6. The molecule has 1 saturated heterocycles. The molecule has 2 unspecified atom stereocenters. The molecule has 0 aromatic heterocycles. The van der Waals surface area contributed by atoms with Gasteiger partial charge >= 0.3 is 6.09 Å². The number of likely N-dealkylation sites (tertiary alicyclic amines) is 1. The molecule has 0 N–H and O–H groups in total. The van der Waals surface area contributed by atoms with E-state index in [1.807, 2.05) is 48.5 Å². The Morgan fingerprint density at radius 2 is 1.91 bits per heavy atom. The van der Waals surface area contributed by atoms with E-state index in [9.17, 15) is 10.1 Å². The highest BCUT2D eigenvalue weighted by molar-refractivity contribution is 6.74. The summed E-state index contributed by atoms with van der Waals surface area (Å²) in [6.45, 7) is 14.0. The quantitative estimate of drug-likeness (QED) is 0.424. The first-order chi connectivity index (χ1) is 16.5. The molecule has 0 radical (unpaired) electrons. The van der Waals surface area contributed by atoms with Crippen molar-refractivity contribution < 1.29 is 14.0 Å². The number of rotatable bonds is 8. The van der Waals surface area contributed by atoms with Crippen LogP contribution in [0.3, 0.4) is 0 Å². The minimum Gasteiger partial charge on any atom is -0.445 e. The van der Waals surface area contributed by atoms with Crippen LogP contribution in [0.5, 0.6) is 0 Å². The van der Waals surface area contributed by atoms with E-state index in [1.54, 1.807) is 18.0 Å². The average molecular weight is 494 g/mol. The normalized spacial score (nSPS) is 17.6. The molecule has 6 nitrogen and oxygen atoms in total. The van der Waals surface area contributed by atoms with Crippen LogP contribution >= 0.6 is 0 Å². The van der Waals surface area contributed by atoms with Crippen LogP contribution in [0.2, 0.25) is 18.1 Å². The Morgan fingerprint density at radius 3 is 2.57 bits per heavy atom. The molecule has 1 aliphatic rings. The van der Waals surface area contributed by atoms with Crippen molar-refractivity contribution in [2.75, 3.05) is 26.7 Å². The molecule has 1 heterocycles. The van der Waals surface area contributed by atoms with Crippen LogP contribution in [0.1, 0.15) is 49.9 Å². The van der Waals surface area contributed by atoms with Crippen molar-refractivity contribution >= 4 is 14.4 Å². The van der Waals surface area contributed by atoms with Crippen LogP contribution in [-0.2, 0) is 15.8 Å². The third-order valence-corrected chi connectivity index (χ3v) is 11.8. The molecule has 3 rings (SSSR count). The van der Waals surface area contributed by atoms with Gasteiger partial charge in [-0.2, -0.15) is 5.26 Å². The maximum Gasteiger partial charge on any atom is 0.410 e. The number of hydrogen-bond donors (Lipinski definition) is 0. The van der Waals surface area contributed by atoms with Crippen molar-refractivity contribution in [2.24, 2.45) is 0 Å². The highest BCUT2D eigenvalue weighted by atomic mass is 28.4. The number of carbonyl (C=O) groups is 1. The van der Waals surface area contributed by atoms with Gasteiger partial charge in [0.2, 0.25) is 0 Å². The number of hydrogen-bond acceptors (Lipinski definition) is 5. The van der Waals surface area contributed by atoms with Crippen LogP contribution in [0, 0.1) is 11.3 Å². The predicted octanol–water partition coefficient (Wildman–Crippen LogP) is 5.96. The molecule has 1 aliphatic heterocycles. The Labute approximate surface area is 211 Å². The fourth-order valence-corrected chi connectivity index (χ4v) is 5.49. The zero-order valence-corrected chi connectivity index (χ0v) is 23.0. The van der Waals surface area contributed by atoms with Gasteiger partial charge < -0.3 is 14.1 Å².